The van der Waals surface area contributed by atoms with E-state index in [1.165, 1.54) is 0 Å². The Bertz CT molecular complexity index is 427. The van der Waals surface area contributed by atoms with Crippen molar-refractivity contribution in [2.75, 3.05) is 0 Å². The van der Waals surface area contributed by atoms with Gasteiger partial charge < -0.3 is 10.3 Å². The average Bonchev–Trinajstić information content (AvgIpc) is 2.73. The molecule has 4 nitrogen and oxygen atoms in total. The van der Waals surface area contributed by atoms with Crippen LogP contribution >= 0.6 is 11.3 Å². The van der Waals surface area contributed by atoms with E-state index in [-0.39, 0.29) is 0 Å². The van der Waals surface area contributed by atoms with E-state index < -0.39 is 0 Å². The van der Waals surface area contributed by atoms with Gasteiger partial charge in [-0.25, -0.2) is 4.98 Å². The summed E-state index contributed by atoms with van der Waals surface area (Å²) in [5.74, 6) is 0.806. The van der Waals surface area contributed by atoms with Crippen molar-refractivity contribution in [3.8, 4) is 10.6 Å². The predicted molar refractivity (Wildman–Crippen MR) is 55.0 cm³/mol. The SMILES string of the molecule is Cc1noc(C)c1-c1ncc(CN)s1. The molecule has 2 N–H and O–H groups in total. The van der Waals surface area contributed by atoms with Gasteiger partial charge in [-0.05, 0) is 13.8 Å². The topological polar surface area (TPSA) is 64.9 Å². The second-order valence-electron chi connectivity index (χ2n) is 3.04. The lowest BCUT2D eigenvalue weighted by atomic mass is 10.2. The van der Waals surface area contributed by atoms with Crippen LogP contribution in [0.25, 0.3) is 10.6 Å². The molecular weight excluding hydrogens is 198 g/mol. The molecule has 74 valence electrons. The van der Waals surface area contributed by atoms with Crippen molar-refractivity contribution < 1.29 is 4.52 Å². The zero-order valence-electron chi connectivity index (χ0n) is 8.07. The molecule has 2 aromatic rings. The Morgan fingerprint density at radius 2 is 2.29 bits per heavy atom. The van der Waals surface area contributed by atoms with Crippen molar-refractivity contribution in [1.29, 1.82) is 0 Å². The summed E-state index contributed by atoms with van der Waals surface area (Å²) in [6.45, 7) is 4.33. The van der Waals surface area contributed by atoms with E-state index in [2.05, 4.69) is 10.1 Å². The van der Waals surface area contributed by atoms with Gasteiger partial charge >= 0.3 is 0 Å². The Labute approximate surface area is 85.7 Å². The van der Waals surface area contributed by atoms with Gasteiger partial charge in [0.1, 0.15) is 10.8 Å². The molecule has 14 heavy (non-hydrogen) atoms. The van der Waals surface area contributed by atoms with Crippen LogP contribution in [0.3, 0.4) is 0 Å². The Kier molecular flexibility index (Phi) is 2.35. The first-order valence-electron chi connectivity index (χ1n) is 4.30. The van der Waals surface area contributed by atoms with Gasteiger partial charge in [0.05, 0.1) is 11.3 Å². The van der Waals surface area contributed by atoms with Gasteiger partial charge in [0.2, 0.25) is 0 Å². The molecule has 0 unspecified atom stereocenters. The van der Waals surface area contributed by atoms with Crippen LogP contribution in [0.4, 0.5) is 0 Å². The summed E-state index contributed by atoms with van der Waals surface area (Å²) in [5, 5.41) is 4.82. The molecule has 2 heterocycles. The molecule has 0 aromatic carbocycles. The normalized spacial score (nSPS) is 10.8. The molecule has 5 heteroatoms. The fourth-order valence-corrected chi connectivity index (χ4v) is 2.24. The molecule has 0 fully saturated rings. The van der Waals surface area contributed by atoms with Crippen molar-refractivity contribution in [3.63, 3.8) is 0 Å². The third-order valence-corrected chi connectivity index (χ3v) is 3.04. The third-order valence-electron chi connectivity index (χ3n) is 2.00. The molecule has 0 atom stereocenters. The Hall–Kier alpha value is -1.20. The summed E-state index contributed by atoms with van der Waals surface area (Å²) in [6, 6.07) is 0. The fraction of sp³-hybridized carbons (Fsp3) is 0.333. The largest absolute Gasteiger partial charge is 0.361 e. The van der Waals surface area contributed by atoms with Gasteiger partial charge in [0.25, 0.3) is 0 Å². The van der Waals surface area contributed by atoms with E-state index in [4.69, 9.17) is 10.3 Å². The molecule has 0 bridgehead atoms. The van der Waals surface area contributed by atoms with Crippen LogP contribution in [0.15, 0.2) is 10.7 Å². The molecule has 0 spiro atoms. The highest BCUT2D eigenvalue weighted by atomic mass is 32.1. The molecule has 0 aliphatic carbocycles. The van der Waals surface area contributed by atoms with Gasteiger partial charge in [0.15, 0.2) is 0 Å². The number of thiazole rings is 1. The first-order valence-corrected chi connectivity index (χ1v) is 5.12. The fourth-order valence-electron chi connectivity index (χ4n) is 1.31. The summed E-state index contributed by atoms with van der Waals surface area (Å²) in [5.41, 5.74) is 7.39. The van der Waals surface area contributed by atoms with E-state index in [1.807, 2.05) is 13.8 Å². The van der Waals surface area contributed by atoms with E-state index in [1.54, 1.807) is 17.5 Å². The monoisotopic (exact) mass is 209 g/mol. The van der Waals surface area contributed by atoms with Crippen LogP contribution < -0.4 is 5.73 Å². The number of aryl methyl sites for hydroxylation is 2. The van der Waals surface area contributed by atoms with Crippen LogP contribution in [0.5, 0.6) is 0 Å². The number of nitrogens with two attached hydrogens (primary N) is 1. The average molecular weight is 209 g/mol. The molecule has 0 saturated heterocycles. The lowest BCUT2D eigenvalue weighted by molar-refractivity contribution is 0.393. The maximum Gasteiger partial charge on any atom is 0.144 e. The number of nitrogens with zero attached hydrogens (tertiary/aromatic N) is 2. The van der Waals surface area contributed by atoms with Crippen LogP contribution in [-0.2, 0) is 6.54 Å². The van der Waals surface area contributed by atoms with E-state index in [0.29, 0.717) is 6.54 Å². The molecule has 0 aliphatic rings. The van der Waals surface area contributed by atoms with Crippen LogP contribution in [-0.4, -0.2) is 10.1 Å². The van der Waals surface area contributed by atoms with E-state index >= 15 is 0 Å². The van der Waals surface area contributed by atoms with Gasteiger partial charge in [0, 0.05) is 17.6 Å². The van der Waals surface area contributed by atoms with Crippen LogP contribution in [0.1, 0.15) is 16.3 Å². The van der Waals surface area contributed by atoms with Gasteiger partial charge in [-0.1, -0.05) is 5.16 Å². The van der Waals surface area contributed by atoms with E-state index in [0.717, 1.165) is 26.9 Å². The van der Waals surface area contributed by atoms with Gasteiger partial charge in [-0.15, -0.1) is 11.3 Å². The number of hydrogen-bond donors (Lipinski definition) is 1. The second-order valence-corrected chi connectivity index (χ2v) is 4.15. The highest BCUT2D eigenvalue weighted by Crippen LogP contribution is 2.30. The molecule has 2 aromatic heterocycles. The summed E-state index contributed by atoms with van der Waals surface area (Å²) in [4.78, 5) is 5.36. The van der Waals surface area contributed by atoms with Crippen molar-refractivity contribution in [2.24, 2.45) is 5.73 Å². The molecule has 0 saturated carbocycles. The second kappa shape index (κ2) is 3.51. The smallest absolute Gasteiger partial charge is 0.144 e. The maximum atomic E-state index is 5.52. The van der Waals surface area contributed by atoms with Crippen LogP contribution in [0.2, 0.25) is 0 Å². The summed E-state index contributed by atoms with van der Waals surface area (Å²) in [7, 11) is 0. The number of rotatable bonds is 2. The lowest BCUT2D eigenvalue weighted by Crippen LogP contribution is -1.91. The summed E-state index contributed by atoms with van der Waals surface area (Å²) in [6.07, 6.45) is 1.80. The Morgan fingerprint density at radius 3 is 2.79 bits per heavy atom. The Morgan fingerprint density at radius 1 is 1.50 bits per heavy atom. The minimum atomic E-state index is 0.529. The first-order chi connectivity index (χ1) is 6.72. The van der Waals surface area contributed by atoms with E-state index in [9.17, 15) is 0 Å². The molecule has 0 radical (unpaired) electrons. The zero-order chi connectivity index (χ0) is 10.1. The maximum absolute atomic E-state index is 5.52. The lowest BCUT2D eigenvalue weighted by Gasteiger charge is -1.91. The predicted octanol–water partition coefficient (Wildman–Crippen LogP) is 1.87. The first kappa shape index (κ1) is 9.36. The van der Waals surface area contributed by atoms with Crippen molar-refractivity contribution in [1.82, 2.24) is 10.1 Å². The number of hydrogen-bond acceptors (Lipinski definition) is 5. The third kappa shape index (κ3) is 1.44. The standard InChI is InChI=1S/C9H11N3OS/c1-5-8(6(2)13-12-5)9-11-4-7(3-10)14-9/h4H,3,10H2,1-2H3. The summed E-state index contributed by atoms with van der Waals surface area (Å²) >= 11 is 1.58. The Balaban J connectivity index is 2.48. The minimum Gasteiger partial charge on any atom is -0.361 e. The quantitative estimate of drug-likeness (QED) is 0.820. The molecular formula is C9H11N3OS. The molecule has 0 amide bonds. The van der Waals surface area contributed by atoms with Crippen molar-refractivity contribution in [2.45, 2.75) is 20.4 Å². The van der Waals surface area contributed by atoms with Gasteiger partial charge in [-0.3, -0.25) is 0 Å². The molecule has 2 rings (SSSR count). The van der Waals surface area contributed by atoms with Crippen molar-refractivity contribution >= 4 is 11.3 Å². The van der Waals surface area contributed by atoms with Crippen LogP contribution in [0, 0.1) is 13.8 Å². The molecule has 0 aliphatic heterocycles. The van der Waals surface area contributed by atoms with Crippen molar-refractivity contribution in [3.05, 3.63) is 22.5 Å². The van der Waals surface area contributed by atoms with Gasteiger partial charge in [-0.2, -0.15) is 0 Å². The highest BCUT2D eigenvalue weighted by Gasteiger charge is 2.14. The zero-order valence-corrected chi connectivity index (χ0v) is 8.89. The minimum absolute atomic E-state index is 0.529. The summed E-state index contributed by atoms with van der Waals surface area (Å²) < 4.78 is 5.08. The number of aromatic nitrogens is 2. The highest BCUT2D eigenvalue weighted by molar-refractivity contribution is 7.15.